The summed E-state index contributed by atoms with van der Waals surface area (Å²) >= 11 is 0. The summed E-state index contributed by atoms with van der Waals surface area (Å²) in [5.74, 6) is -0.0836. The van der Waals surface area contributed by atoms with Crippen molar-refractivity contribution in [2.75, 3.05) is 13.1 Å². The van der Waals surface area contributed by atoms with E-state index in [4.69, 9.17) is 0 Å². The van der Waals surface area contributed by atoms with Crippen LogP contribution in [0.1, 0.15) is 47.3 Å². The largest absolute Gasteiger partial charge is 0.352 e. The predicted molar refractivity (Wildman–Crippen MR) is 109 cm³/mol. The first kappa shape index (κ1) is 20.5. The monoisotopic (exact) mass is 367 g/mol. The Hall–Kier alpha value is -2.82. The SMILES string of the molecule is CCCNC(=O)c1cccc(CNC(=O)N(CC)Cc2cccc(C)c2)c1. The minimum absolute atomic E-state index is 0.0836. The second-order valence-corrected chi connectivity index (χ2v) is 6.62. The number of nitrogens with one attached hydrogen (secondary N) is 2. The fourth-order valence-corrected chi connectivity index (χ4v) is 2.81. The van der Waals surface area contributed by atoms with Crippen LogP contribution in [0.4, 0.5) is 4.79 Å². The Bertz CT molecular complexity index is 774. The van der Waals surface area contributed by atoms with Gasteiger partial charge >= 0.3 is 6.03 Å². The third-order valence-corrected chi connectivity index (χ3v) is 4.29. The van der Waals surface area contributed by atoms with Crippen LogP contribution >= 0.6 is 0 Å². The zero-order valence-electron chi connectivity index (χ0n) is 16.4. The van der Waals surface area contributed by atoms with E-state index in [0.29, 0.717) is 31.7 Å². The number of amides is 3. The van der Waals surface area contributed by atoms with Gasteiger partial charge in [-0.15, -0.1) is 0 Å². The lowest BCUT2D eigenvalue weighted by molar-refractivity contribution is 0.0953. The number of benzene rings is 2. The molecule has 27 heavy (non-hydrogen) atoms. The topological polar surface area (TPSA) is 61.4 Å². The van der Waals surface area contributed by atoms with Crippen molar-refractivity contribution < 1.29 is 9.59 Å². The van der Waals surface area contributed by atoms with Gasteiger partial charge in [0.05, 0.1) is 0 Å². The number of hydrogen-bond acceptors (Lipinski definition) is 2. The van der Waals surface area contributed by atoms with E-state index in [1.807, 2.05) is 57.2 Å². The second kappa shape index (κ2) is 10.4. The van der Waals surface area contributed by atoms with Crippen LogP contribution in [0.2, 0.25) is 0 Å². The van der Waals surface area contributed by atoms with Gasteiger partial charge in [0, 0.05) is 31.7 Å². The summed E-state index contributed by atoms with van der Waals surface area (Å²) in [6.45, 7) is 8.27. The molecule has 0 aliphatic heterocycles. The smallest absolute Gasteiger partial charge is 0.317 e. The van der Waals surface area contributed by atoms with E-state index in [1.54, 1.807) is 11.0 Å². The normalized spacial score (nSPS) is 10.3. The van der Waals surface area contributed by atoms with Gasteiger partial charge in [0.1, 0.15) is 0 Å². The van der Waals surface area contributed by atoms with Crippen molar-refractivity contribution in [1.82, 2.24) is 15.5 Å². The number of aryl methyl sites for hydroxylation is 1. The molecule has 2 rings (SSSR count). The van der Waals surface area contributed by atoms with Crippen LogP contribution in [0.5, 0.6) is 0 Å². The maximum Gasteiger partial charge on any atom is 0.317 e. The highest BCUT2D eigenvalue weighted by Gasteiger charge is 2.12. The molecule has 5 nitrogen and oxygen atoms in total. The molecule has 2 N–H and O–H groups in total. The fraction of sp³-hybridized carbons (Fsp3) is 0.364. The molecule has 0 aromatic heterocycles. The molecular weight excluding hydrogens is 338 g/mol. The summed E-state index contributed by atoms with van der Waals surface area (Å²) in [5.41, 5.74) is 3.81. The van der Waals surface area contributed by atoms with Crippen LogP contribution in [0.3, 0.4) is 0 Å². The van der Waals surface area contributed by atoms with Gasteiger partial charge in [-0.05, 0) is 43.5 Å². The molecule has 144 valence electrons. The minimum atomic E-state index is -0.111. The van der Waals surface area contributed by atoms with Gasteiger partial charge in [-0.2, -0.15) is 0 Å². The molecule has 0 saturated carbocycles. The van der Waals surface area contributed by atoms with Crippen LogP contribution in [0, 0.1) is 6.92 Å². The number of hydrogen-bond donors (Lipinski definition) is 2. The number of carbonyl (C=O) groups is 2. The molecule has 0 bridgehead atoms. The van der Waals surface area contributed by atoms with E-state index >= 15 is 0 Å². The van der Waals surface area contributed by atoms with Gasteiger partial charge in [0.25, 0.3) is 5.91 Å². The lowest BCUT2D eigenvalue weighted by Gasteiger charge is -2.22. The summed E-state index contributed by atoms with van der Waals surface area (Å²) in [6.07, 6.45) is 0.898. The molecule has 2 aromatic carbocycles. The number of rotatable bonds is 8. The standard InChI is InChI=1S/C22H29N3O2/c1-4-12-23-21(26)20-11-7-9-18(14-20)15-24-22(27)25(5-2)16-19-10-6-8-17(3)13-19/h6-11,13-14H,4-5,12,15-16H2,1-3H3,(H,23,26)(H,24,27). The molecule has 0 spiro atoms. The summed E-state index contributed by atoms with van der Waals surface area (Å²) in [6, 6.07) is 15.4. The lowest BCUT2D eigenvalue weighted by atomic mass is 10.1. The van der Waals surface area contributed by atoms with E-state index in [9.17, 15) is 9.59 Å². The van der Waals surface area contributed by atoms with E-state index < -0.39 is 0 Å². The summed E-state index contributed by atoms with van der Waals surface area (Å²) < 4.78 is 0. The third-order valence-electron chi connectivity index (χ3n) is 4.29. The van der Waals surface area contributed by atoms with Crippen LogP contribution in [0.15, 0.2) is 48.5 Å². The van der Waals surface area contributed by atoms with Crippen molar-refractivity contribution in [3.8, 4) is 0 Å². The van der Waals surface area contributed by atoms with Gasteiger partial charge in [-0.1, -0.05) is 48.9 Å². The number of nitrogens with zero attached hydrogens (tertiary/aromatic N) is 1. The van der Waals surface area contributed by atoms with E-state index in [2.05, 4.69) is 16.7 Å². The van der Waals surface area contributed by atoms with Crippen molar-refractivity contribution >= 4 is 11.9 Å². The van der Waals surface area contributed by atoms with Crippen LogP contribution in [0.25, 0.3) is 0 Å². The molecule has 0 radical (unpaired) electrons. The number of urea groups is 1. The summed E-state index contributed by atoms with van der Waals surface area (Å²) in [5, 5.41) is 5.81. The third kappa shape index (κ3) is 6.44. The van der Waals surface area contributed by atoms with Crippen LogP contribution in [-0.2, 0) is 13.1 Å². The van der Waals surface area contributed by atoms with Crippen LogP contribution < -0.4 is 10.6 Å². The Kier molecular flexibility index (Phi) is 7.86. The Morgan fingerprint density at radius 2 is 1.70 bits per heavy atom. The fourth-order valence-electron chi connectivity index (χ4n) is 2.81. The van der Waals surface area contributed by atoms with Gasteiger partial charge in [-0.3, -0.25) is 4.79 Å². The highest BCUT2D eigenvalue weighted by atomic mass is 16.2. The van der Waals surface area contributed by atoms with Crippen molar-refractivity contribution in [1.29, 1.82) is 0 Å². The zero-order chi connectivity index (χ0) is 19.6. The average Bonchev–Trinajstić information content (AvgIpc) is 2.68. The highest BCUT2D eigenvalue weighted by molar-refractivity contribution is 5.94. The van der Waals surface area contributed by atoms with E-state index in [0.717, 1.165) is 17.5 Å². The van der Waals surface area contributed by atoms with E-state index in [1.165, 1.54) is 5.56 Å². The highest BCUT2D eigenvalue weighted by Crippen LogP contribution is 2.09. The van der Waals surface area contributed by atoms with Gasteiger partial charge in [0.2, 0.25) is 0 Å². The first-order valence-electron chi connectivity index (χ1n) is 9.49. The molecule has 0 saturated heterocycles. The molecule has 5 heteroatoms. The molecule has 3 amide bonds. The van der Waals surface area contributed by atoms with Crippen molar-refractivity contribution in [2.45, 2.75) is 40.3 Å². The van der Waals surface area contributed by atoms with Gasteiger partial charge < -0.3 is 15.5 Å². The average molecular weight is 367 g/mol. The van der Waals surface area contributed by atoms with Crippen molar-refractivity contribution in [2.24, 2.45) is 0 Å². The maximum atomic E-state index is 12.5. The summed E-state index contributed by atoms with van der Waals surface area (Å²) in [4.78, 5) is 26.4. The quantitative estimate of drug-likeness (QED) is 0.744. The molecular formula is C22H29N3O2. The zero-order valence-corrected chi connectivity index (χ0v) is 16.4. The molecule has 0 aliphatic carbocycles. The summed E-state index contributed by atoms with van der Waals surface area (Å²) in [7, 11) is 0. The Morgan fingerprint density at radius 3 is 2.41 bits per heavy atom. The first-order valence-corrected chi connectivity index (χ1v) is 9.49. The Balaban J connectivity index is 1.94. The Morgan fingerprint density at radius 1 is 0.963 bits per heavy atom. The molecule has 0 heterocycles. The molecule has 2 aromatic rings. The second-order valence-electron chi connectivity index (χ2n) is 6.62. The predicted octanol–water partition coefficient (Wildman–Crippen LogP) is 3.87. The van der Waals surface area contributed by atoms with Crippen molar-refractivity contribution in [3.63, 3.8) is 0 Å². The maximum absolute atomic E-state index is 12.5. The lowest BCUT2D eigenvalue weighted by Crippen LogP contribution is -2.39. The molecule has 0 atom stereocenters. The Labute approximate surface area is 161 Å². The van der Waals surface area contributed by atoms with E-state index in [-0.39, 0.29) is 11.9 Å². The van der Waals surface area contributed by atoms with Gasteiger partial charge in [0.15, 0.2) is 0 Å². The molecule has 0 fully saturated rings. The minimum Gasteiger partial charge on any atom is -0.352 e. The van der Waals surface area contributed by atoms with Crippen LogP contribution in [-0.4, -0.2) is 29.9 Å². The van der Waals surface area contributed by atoms with Crippen molar-refractivity contribution in [3.05, 3.63) is 70.8 Å². The first-order chi connectivity index (χ1) is 13.0. The number of carbonyl (C=O) groups excluding carboxylic acids is 2. The van der Waals surface area contributed by atoms with Gasteiger partial charge in [-0.25, -0.2) is 4.79 Å². The molecule has 0 aliphatic rings. The molecule has 0 unspecified atom stereocenters.